The van der Waals surface area contributed by atoms with Crippen LogP contribution < -0.4 is 9.62 Å². The molecule has 0 aliphatic carbocycles. The van der Waals surface area contributed by atoms with Gasteiger partial charge in [0.1, 0.15) is 5.82 Å². The van der Waals surface area contributed by atoms with Gasteiger partial charge in [0.25, 0.3) is 0 Å². The summed E-state index contributed by atoms with van der Waals surface area (Å²) < 4.78 is 39.4. The molecule has 3 rings (SSSR count). The summed E-state index contributed by atoms with van der Waals surface area (Å²) in [5, 5.41) is 2.84. The third-order valence-corrected chi connectivity index (χ3v) is 7.17. The Morgan fingerprint density at radius 3 is 2.33 bits per heavy atom. The Hall–Kier alpha value is -2.84. The minimum absolute atomic E-state index is 0.141. The first kappa shape index (κ1) is 24.8. The molecule has 0 aliphatic heterocycles. The Bertz CT molecular complexity index is 1150. The van der Waals surface area contributed by atoms with Gasteiger partial charge in [0.05, 0.1) is 11.9 Å². The second-order valence-corrected chi connectivity index (χ2v) is 10.6. The number of hydrogen-bond acceptors (Lipinski definition) is 4. The highest BCUT2D eigenvalue weighted by atomic mass is 32.2. The Labute approximate surface area is 199 Å². The summed E-state index contributed by atoms with van der Waals surface area (Å²) in [5.41, 5.74) is 1.54. The van der Waals surface area contributed by atoms with Crippen LogP contribution in [0.2, 0.25) is 0 Å². The van der Waals surface area contributed by atoms with Crippen LogP contribution >= 0.6 is 11.8 Å². The lowest BCUT2D eigenvalue weighted by Gasteiger charge is -2.24. The predicted molar refractivity (Wildman–Crippen MR) is 132 cm³/mol. The van der Waals surface area contributed by atoms with Crippen molar-refractivity contribution in [2.24, 2.45) is 0 Å². The zero-order chi connectivity index (χ0) is 23.7. The number of nitrogens with zero attached hydrogens (tertiary/aromatic N) is 1. The molecule has 0 bridgehead atoms. The Morgan fingerprint density at radius 2 is 1.64 bits per heavy atom. The third-order valence-electron chi connectivity index (χ3n) is 4.92. The molecule has 3 aromatic rings. The number of rotatable bonds is 11. The van der Waals surface area contributed by atoms with E-state index in [0.717, 1.165) is 15.4 Å². The summed E-state index contributed by atoms with van der Waals surface area (Å²) in [4.78, 5) is 14.1. The van der Waals surface area contributed by atoms with E-state index in [1.54, 1.807) is 18.2 Å². The molecule has 0 aromatic heterocycles. The second kappa shape index (κ2) is 11.9. The Balaban J connectivity index is 1.57. The number of sulfonamides is 1. The highest BCUT2D eigenvalue weighted by Gasteiger charge is 2.20. The number of carbonyl (C=O) groups is 1. The average molecular weight is 487 g/mol. The van der Waals surface area contributed by atoms with Gasteiger partial charge in [-0.05, 0) is 54.8 Å². The van der Waals surface area contributed by atoms with E-state index in [9.17, 15) is 17.6 Å². The van der Waals surface area contributed by atoms with Crippen molar-refractivity contribution in [1.82, 2.24) is 5.32 Å². The highest BCUT2D eigenvalue weighted by molar-refractivity contribution is 7.99. The fraction of sp³-hybridized carbons (Fsp3) is 0.240. The van der Waals surface area contributed by atoms with Crippen LogP contribution in [0.3, 0.4) is 0 Å². The zero-order valence-corrected chi connectivity index (χ0v) is 20.0. The number of carbonyl (C=O) groups excluding carboxylic acids is 1. The molecule has 33 heavy (non-hydrogen) atoms. The summed E-state index contributed by atoms with van der Waals surface area (Å²) >= 11 is 1.50. The topological polar surface area (TPSA) is 66.5 Å². The maximum atomic E-state index is 13.0. The summed E-state index contributed by atoms with van der Waals surface area (Å²) in [6.45, 7) is 0.646. The molecule has 0 radical (unpaired) electrons. The molecule has 174 valence electrons. The van der Waals surface area contributed by atoms with Gasteiger partial charge in [-0.15, -0.1) is 0 Å². The van der Waals surface area contributed by atoms with E-state index in [1.807, 2.05) is 48.5 Å². The number of hydrogen-bond donors (Lipinski definition) is 1. The summed E-state index contributed by atoms with van der Waals surface area (Å²) in [5.74, 6) is -0.431. The van der Waals surface area contributed by atoms with Crippen molar-refractivity contribution in [3.05, 3.63) is 90.2 Å². The Morgan fingerprint density at radius 1 is 0.970 bits per heavy atom. The van der Waals surface area contributed by atoms with Crippen molar-refractivity contribution in [3.63, 3.8) is 0 Å². The number of nitrogens with one attached hydrogen (secondary N) is 1. The van der Waals surface area contributed by atoms with Crippen LogP contribution in [0.5, 0.6) is 0 Å². The molecule has 0 saturated carbocycles. The van der Waals surface area contributed by atoms with Crippen molar-refractivity contribution in [2.75, 3.05) is 23.7 Å². The van der Waals surface area contributed by atoms with E-state index in [1.165, 1.54) is 34.5 Å². The summed E-state index contributed by atoms with van der Waals surface area (Å²) in [6, 6.07) is 23.3. The van der Waals surface area contributed by atoms with Gasteiger partial charge in [-0.2, -0.15) is 0 Å². The molecule has 0 fully saturated rings. The smallest absolute Gasteiger partial charge is 0.232 e. The zero-order valence-electron chi connectivity index (χ0n) is 18.4. The minimum atomic E-state index is -3.53. The van der Waals surface area contributed by atoms with Gasteiger partial charge in [-0.1, -0.05) is 54.2 Å². The van der Waals surface area contributed by atoms with Gasteiger partial charge >= 0.3 is 0 Å². The molecular weight excluding hydrogens is 459 g/mol. The van der Waals surface area contributed by atoms with Crippen LogP contribution in [0.15, 0.2) is 88.7 Å². The van der Waals surface area contributed by atoms with E-state index in [2.05, 4.69) is 5.32 Å². The standard InChI is InChI=1S/C25H27FN2O3S2/c1-33(30,31)28(23-10-5-6-11-24(23)32-22-8-3-2-4-9-22)19-7-12-25(29)27-18-17-20-13-15-21(26)16-14-20/h2-6,8-11,13-16H,7,12,17-19H2,1H3,(H,27,29). The lowest BCUT2D eigenvalue weighted by molar-refractivity contribution is -0.121. The van der Waals surface area contributed by atoms with Gasteiger partial charge < -0.3 is 5.32 Å². The van der Waals surface area contributed by atoms with E-state index in [0.29, 0.717) is 25.1 Å². The van der Waals surface area contributed by atoms with Gasteiger partial charge in [-0.25, -0.2) is 12.8 Å². The first-order valence-electron chi connectivity index (χ1n) is 10.6. The fourth-order valence-corrected chi connectivity index (χ4v) is 5.31. The molecule has 0 heterocycles. The van der Waals surface area contributed by atoms with Crippen LogP contribution in [-0.2, 0) is 21.2 Å². The molecule has 0 saturated heterocycles. The van der Waals surface area contributed by atoms with Crippen molar-refractivity contribution in [3.8, 4) is 0 Å². The molecule has 3 aromatic carbocycles. The highest BCUT2D eigenvalue weighted by Crippen LogP contribution is 2.36. The number of benzene rings is 3. The van der Waals surface area contributed by atoms with Crippen LogP contribution in [0.4, 0.5) is 10.1 Å². The normalized spacial score (nSPS) is 11.2. The maximum Gasteiger partial charge on any atom is 0.232 e. The fourth-order valence-electron chi connectivity index (χ4n) is 3.30. The predicted octanol–water partition coefficient (Wildman–Crippen LogP) is 4.88. The van der Waals surface area contributed by atoms with Crippen molar-refractivity contribution >= 4 is 33.4 Å². The monoisotopic (exact) mass is 486 g/mol. The Kier molecular flexibility index (Phi) is 8.91. The van der Waals surface area contributed by atoms with Crippen LogP contribution in [0.25, 0.3) is 0 Å². The van der Waals surface area contributed by atoms with Crippen molar-refractivity contribution in [2.45, 2.75) is 29.1 Å². The third kappa shape index (κ3) is 7.91. The first-order chi connectivity index (χ1) is 15.8. The second-order valence-electron chi connectivity index (χ2n) is 7.55. The molecule has 1 N–H and O–H groups in total. The average Bonchev–Trinajstić information content (AvgIpc) is 2.79. The molecule has 0 atom stereocenters. The molecule has 0 aliphatic rings. The number of amides is 1. The maximum absolute atomic E-state index is 13.0. The van der Waals surface area contributed by atoms with Gasteiger partial charge in [0, 0.05) is 29.3 Å². The van der Waals surface area contributed by atoms with E-state index >= 15 is 0 Å². The lowest BCUT2D eigenvalue weighted by atomic mass is 10.1. The van der Waals surface area contributed by atoms with Gasteiger partial charge in [0.2, 0.25) is 15.9 Å². The van der Waals surface area contributed by atoms with Crippen LogP contribution in [0, 0.1) is 5.82 Å². The SMILES string of the molecule is CS(=O)(=O)N(CCCC(=O)NCCc1ccc(F)cc1)c1ccccc1Sc1ccccc1. The van der Waals surface area contributed by atoms with Crippen molar-refractivity contribution < 1.29 is 17.6 Å². The minimum Gasteiger partial charge on any atom is -0.356 e. The van der Waals surface area contributed by atoms with Crippen LogP contribution in [-0.4, -0.2) is 33.7 Å². The summed E-state index contributed by atoms with van der Waals surface area (Å²) in [7, 11) is -3.53. The number of anilines is 1. The van der Waals surface area contributed by atoms with E-state index in [-0.39, 0.29) is 24.7 Å². The first-order valence-corrected chi connectivity index (χ1v) is 13.3. The quantitative estimate of drug-likeness (QED) is 0.419. The van der Waals surface area contributed by atoms with Gasteiger partial charge in [0.15, 0.2) is 0 Å². The lowest BCUT2D eigenvalue weighted by Crippen LogP contribution is -2.32. The largest absolute Gasteiger partial charge is 0.356 e. The molecule has 1 amide bonds. The molecule has 0 spiro atoms. The summed E-state index contributed by atoms with van der Waals surface area (Å²) in [6.07, 6.45) is 2.38. The number of halogens is 1. The molecule has 8 heteroatoms. The van der Waals surface area contributed by atoms with E-state index in [4.69, 9.17) is 0 Å². The molecule has 5 nitrogen and oxygen atoms in total. The van der Waals surface area contributed by atoms with E-state index < -0.39 is 10.0 Å². The molecular formula is C25H27FN2O3S2. The van der Waals surface area contributed by atoms with Gasteiger partial charge in [-0.3, -0.25) is 9.10 Å². The van der Waals surface area contributed by atoms with Crippen molar-refractivity contribution in [1.29, 1.82) is 0 Å². The number of para-hydroxylation sites is 1. The van der Waals surface area contributed by atoms with Crippen LogP contribution in [0.1, 0.15) is 18.4 Å². The molecule has 0 unspecified atom stereocenters.